The second-order valence-corrected chi connectivity index (χ2v) is 6.65. The second kappa shape index (κ2) is 7.11. The molecular formula is C20H21F3N2O. The van der Waals surface area contributed by atoms with Crippen molar-refractivity contribution in [3.8, 4) is 0 Å². The highest BCUT2D eigenvalue weighted by Crippen LogP contribution is 2.30. The summed E-state index contributed by atoms with van der Waals surface area (Å²) in [5, 5.41) is 0. The summed E-state index contributed by atoms with van der Waals surface area (Å²) in [7, 11) is 1.81. The number of carbonyl (C=O) groups is 1. The Morgan fingerprint density at radius 1 is 1.15 bits per heavy atom. The van der Waals surface area contributed by atoms with E-state index in [1.165, 1.54) is 17.7 Å². The molecule has 0 bridgehead atoms. The Bertz CT molecular complexity index is 786. The maximum absolute atomic E-state index is 12.9. The van der Waals surface area contributed by atoms with Crippen molar-refractivity contribution in [1.82, 2.24) is 4.90 Å². The number of likely N-dealkylation sites (N-methyl/N-ethyl adjacent to an activating group) is 1. The van der Waals surface area contributed by atoms with Gasteiger partial charge >= 0.3 is 6.18 Å². The van der Waals surface area contributed by atoms with Gasteiger partial charge in [-0.15, -0.1) is 0 Å². The molecule has 0 fully saturated rings. The average molecular weight is 362 g/mol. The van der Waals surface area contributed by atoms with Crippen LogP contribution in [0.5, 0.6) is 0 Å². The molecule has 3 nitrogen and oxygen atoms in total. The summed E-state index contributed by atoms with van der Waals surface area (Å²) in [6.45, 7) is 2.89. The normalized spacial score (nSPS) is 15.2. The molecule has 138 valence electrons. The Morgan fingerprint density at radius 3 is 2.46 bits per heavy atom. The van der Waals surface area contributed by atoms with Crippen molar-refractivity contribution in [1.29, 1.82) is 0 Å². The van der Waals surface area contributed by atoms with E-state index >= 15 is 0 Å². The maximum atomic E-state index is 12.9. The summed E-state index contributed by atoms with van der Waals surface area (Å²) >= 11 is 0. The van der Waals surface area contributed by atoms with Crippen LogP contribution in [0.3, 0.4) is 0 Å². The van der Waals surface area contributed by atoms with Crippen molar-refractivity contribution in [2.24, 2.45) is 0 Å². The van der Waals surface area contributed by atoms with Crippen molar-refractivity contribution >= 4 is 11.6 Å². The SMILES string of the molecule is C[C@@H](C(=O)N1CCc2ccccc21)N(C)Cc1ccc(C(F)(F)F)cc1. The number of nitrogens with zero attached hydrogens (tertiary/aromatic N) is 2. The molecule has 26 heavy (non-hydrogen) atoms. The number of anilines is 1. The summed E-state index contributed by atoms with van der Waals surface area (Å²) in [5.74, 6) is 0.00404. The molecule has 0 spiro atoms. The van der Waals surface area contributed by atoms with Gasteiger partial charge in [0.1, 0.15) is 0 Å². The molecule has 0 aliphatic carbocycles. The first kappa shape index (κ1) is 18.5. The highest BCUT2D eigenvalue weighted by molar-refractivity contribution is 5.98. The Balaban J connectivity index is 1.66. The Hall–Kier alpha value is -2.34. The van der Waals surface area contributed by atoms with Crippen LogP contribution in [-0.4, -0.2) is 30.4 Å². The zero-order valence-electron chi connectivity index (χ0n) is 14.8. The van der Waals surface area contributed by atoms with Gasteiger partial charge in [0, 0.05) is 18.8 Å². The van der Waals surface area contributed by atoms with E-state index in [-0.39, 0.29) is 11.9 Å². The van der Waals surface area contributed by atoms with Crippen molar-refractivity contribution in [3.05, 3.63) is 65.2 Å². The van der Waals surface area contributed by atoms with Gasteiger partial charge in [-0.05, 0) is 49.7 Å². The smallest absolute Gasteiger partial charge is 0.310 e. The molecular weight excluding hydrogens is 341 g/mol. The summed E-state index contributed by atoms with van der Waals surface area (Å²) in [5.41, 5.74) is 2.19. The van der Waals surface area contributed by atoms with E-state index in [1.807, 2.05) is 43.1 Å². The van der Waals surface area contributed by atoms with Gasteiger partial charge in [-0.2, -0.15) is 13.2 Å². The Labute approximate surface area is 151 Å². The number of amides is 1. The lowest BCUT2D eigenvalue weighted by molar-refractivity contribution is -0.137. The molecule has 0 aromatic heterocycles. The zero-order chi connectivity index (χ0) is 18.9. The number of carbonyl (C=O) groups excluding carboxylic acids is 1. The van der Waals surface area contributed by atoms with Gasteiger partial charge in [0.25, 0.3) is 0 Å². The third kappa shape index (κ3) is 3.75. The molecule has 2 aromatic rings. The van der Waals surface area contributed by atoms with Crippen LogP contribution in [0.1, 0.15) is 23.6 Å². The van der Waals surface area contributed by atoms with Crippen LogP contribution >= 0.6 is 0 Å². The minimum absolute atomic E-state index is 0.00404. The van der Waals surface area contributed by atoms with Gasteiger partial charge in [0.15, 0.2) is 0 Å². The average Bonchev–Trinajstić information content (AvgIpc) is 3.04. The molecule has 0 saturated heterocycles. The fourth-order valence-corrected chi connectivity index (χ4v) is 3.21. The Kier molecular flexibility index (Phi) is 5.05. The van der Waals surface area contributed by atoms with Gasteiger partial charge in [0.2, 0.25) is 5.91 Å². The predicted octanol–water partition coefficient (Wildman–Crippen LogP) is 4.12. The standard InChI is InChI=1S/C20H21F3N2O/c1-14(19(26)25-12-11-16-5-3-4-6-18(16)25)24(2)13-15-7-9-17(10-8-15)20(21,22)23/h3-10,14H,11-13H2,1-2H3/t14-/m0/s1. The number of para-hydroxylation sites is 1. The van der Waals surface area contributed by atoms with Crippen LogP contribution in [0.2, 0.25) is 0 Å². The number of fused-ring (bicyclic) bond motifs is 1. The molecule has 3 rings (SSSR count). The van der Waals surface area contributed by atoms with Crippen molar-refractivity contribution in [3.63, 3.8) is 0 Å². The largest absolute Gasteiger partial charge is 0.416 e. The molecule has 6 heteroatoms. The van der Waals surface area contributed by atoms with E-state index in [0.717, 1.165) is 29.8 Å². The van der Waals surface area contributed by atoms with E-state index in [4.69, 9.17) is 0 Å². The van der Waals surface area contributed by atoms with Crippen LogP contribution in [0.15, 0.2) is 48.5 Å². The molecule has 2 aromatic carbocycles. The lowest BCUT2D eigenvalue weighted by Gasteiger charge is -2.28. The van der Waals surface area contributed by atoms with Crippen LogP contribution in [0.4, 0.5) is 18.9 Å². The maximum Gasteiger partial charge on any atom is 0.416 e. The fourth-order valence-electron chi connectivity index (χ4n) is 3.21. The number of hydrogen-bond acceptors (Lipinski definition) is 2. The highest BCUT2D eigenvalue weighted by atomic mass is 19.4. The van der Waals surface area contributed by atoms with E-state index < -0.39 is 11.7 Å². The third-order valence-electron chi connectivity index (χ3n) is 4.88. The molecule has 0 radical (unpaired) electrons. The van der Waals surface area contributed by atoms with Crippen LogP contribution < -0.4 is 4.90 Å². The monoisotopic (exact) mass is 362 g/mol. The quantitative estimate of drug-likeness (QED) is 0.817. The molecule has 1 aliphatic heterocycles. The lowest BCUT2D eigenvalue weighted by atomic mass is 10.1. The molecule has 0 unspecified atom stereocenters. The summed E-state index contributed by atoms with van der Waals surface area (Å²) in [6, 6.07) is 12.6. The topological polar surface area (TPSA) is 23.6 Å². The van der Waals surface area contributed by atoms with Gasteiger partial charge in [-0.3, -0.25) is 9.69 Å². The highest BCUT2D eigenvalue weighted by Gasteiger charge is 2.31. The van der Waals surface area contributed by atoms with E-state index in [9.17, 15) is 18.0 Å². The van der Waals surface area contributed by atoms with Crippen molar-refractivity contribution in [2.45, 2.75) is 32.1 Å². The third-order valence-corrected chi connectivity index (χ3v) is 4.88. The van der Waals surface area contributed by atoms with Gasteiger partial charge in [0.05, 0.1) is 11.6 Å². The van der Waals surface area contributed by atoms with Crippen molar-refractivity contribution in [2.75, 3.05) is 18.5 Å². The molecule has 0 N–H and O–H groups in total. The lowest BCUT2D eigenvalue weighted by Crippen LogP contribution is -2.45. The van der Waals surface area contributed by atoms with Crippen LogP contribution in [-0.2, 0) is 23.9 Å². The van der Waals surface area contributed by atoms with Gasteiger partial charge in [-0.25, -0.2) is 0 Å². The number of rotatable bonds is 4. The first-order valence-electron chi connectivity index (χ1n) is 8.53. The van der Waals surface area contributed by atoms with Gasteiger partial charge < -0.3 is 4.90 Å². The van der Waals surface area contributed by atoms with E-state index in [2.05, 4.69) is 0 Å². The number of hydrogen-bond donors (Lipinski definition) is 0. The summed E-state index contributed by atoms with van der Waals surface area (Å²) in [6.07, 6.45) is -3.49. The molecule has 1 heterocycles. The fraction of sp³-hybridized carbons (Fsp3) is 0.350. The van der Waals surface area contributed by atoms with E-state index in [1.54, 1.807) is 4.90 Å². The molecule has 1 aliphatic rings. The minimum Gasteiger partial charge on any atom is -0.310 e. The summed E-state index contributed by atoms with van der Waals surface area (Å²) in [4.78, 5) is 16.5. The molecule has 0 saturated carbocycles. The zero-order valence-corrected chi connectivity index (χ0v) is 14.8. The first-order chi connectivity index (χ1) is 12.3. The second-order valence-electron chi connectivity index (χ2n) is 6.65. The molecule has 1 amide bonds. The van der Waals surface area contributed by atoms with Crippen LogP contribution in [0, 0.1) is 0 Å². The first-order valence-corrected chi connectivity index (χ1v) is 8.53. The molecule has 1 atom stereocenters. The number of halogens is 3. The van der Waals surface area contributed by atoms with Gasteiger partial charge in [-0.1, -0.05) is 30.3 Å². The number of alkyl halides is 3. The Morgan fingerprint density at radius 2 is 1.81 bits per heavy atom. The van der Waals surface area contributed by atoms with E-state index in [0.29, 0.717) is 13.1 Å². The summed E-state index contributed by atoms with van der Waals surface area (Å²) < 4.78 is 37.9. The van der Waals surface area contributed by atoms with Crippen LogP contribution in [0.25, 0.3) is 0 Å². The predicted molar refractivity (Wildman–Crippen MR) is 94.9 cm³/mol. The van der Waals surface area contributed by atoms with Crippen molar-refractivity contribution < 1.29 is 18.0 Å². The number of benzene rings is 2. The minimum atomic E-state index is -4.34.